The van der Waals surface area contributed by atoms with Gasteiger partial charge in [-0.25, -0.2) is 8.42 Å². The number of carbonyl (C=O) groups is 2. The van der Waals surface area contributed by atoms with Crippen LogP contribution in [0.25, 0.3) is 0 Å². The van der Waals surface area contributed by atoms with Gasteiger partial charge in [0.05, 0.1) is 12.8 Å². The molecule has 1 atom stereocenters. The number of ether oxygens (including phenoxy) is 1. The fraction of sp³-hybridized carbons (Fsp3) is 0.533. The number of sulfonamides is 1. The first-order chi connectivity index (χ1) is 19.2. The average molecular weight is 569 g/mol. The number of hydrogen-bond acceptors (Lipinski definition) is 6. The van der Waals surface area contributed by atoms with Crippen LogP contribution in [0, 0.1) is 5.92 Å². The molecule has 2 amide bonds. The number of likely N-dealkylation sites (tertiary alicyclic amines) is 1. The first-order valence-electron chi connectivity index (χ1n) is 14.4. The minimum Gasteiger partial charge on any atom is -0.457 e. The summed E-state index contributed by atoms with van der Waals surface area (Å²) in [6.07, 6.45) is 9.74. The lowest BCUT2D eigenvalue weighted by atomic mass is 9.84. The standard InChI is InChI=1S/C30H40N4O5S/c1-40(37,38)32-24-9-13-27(14-10-24)39-26-11-7-23(8-12-26)20-33-17-15-25(16-18-33)34-21-29(35)31-28(30(34)36)19-22-5-3-2-4-6-22/h7-14,22,25,28,32H,2-6,15-21H2,1H3,(H,31,35)/t28-/m0/s1. The highest BCUT2D eigenvalue weighted by molar-refractivity contribution is 7.92. The highest BCUT2D eigenvalue weighted by atomic mass is 32.2. The molecule has 2 aliphatic heterocycles. The lowest BCUT2D eigenvalue weighted by molar-refractivity contribution is -0.148. The summed E-state index contributed by atoms with van der Waals surface area (Å²) in [6.45, 7) is 2.77. The molecule has 216 valence electrons. The van der Waals surface area contributed by atoms with Gasteiger partial charge >= 0.3 is 0 Å². The Balaban J connectivity index is 1.09. The molecule has 0 unspecified atom stereocenters. The zero-order valence-electron chi connectivity index (χ0n) is 23.2. The lowest BCUT2D eigenvalue weighted by Crippen LogP contribution is -2.62. The zero-order chi connectivity index (χ0) is 28.1. The van der Waals surface area contributed by atoms with Crippen LogP contribution >= 0.6 is 0 Å². The molecule has 1 aliphatic carbocycles. The molecule has 40 heavy (non-hydrogen) atoms. The number of anilines is 1. The molecule has 2 N–H and O–H groups in total. The monoisotopic (exact) mass is 568 g/mol. The zero-order valence-corrected chi connectivity index (χ0v) is 24.0. The van der Waals surface area contributed by atoms with Crippen LogP contribution < -0.4 is 14.8 Å². The van der Waals surface area contributed by atoms with E-state index in [4.69, 9.17) is 4.74 Å². The molecule has 2 heterocycles. The maximum absolute atomic E-state index is 13.3. The summed E-state index contributed by atoms with van der Waals surface area (Å²) < 4.78 is 31.1. The summed E-state index contributed by atoms with van der Waals surface area (Å²) in [7, 11) is -3.32. The van der Waals surface area contributed by atoms with Crippen molar-refractivity contribution in [1.29, 1.82) is 0 Å². The first-order valence-corrected chi connectivity index (χ1v) is 16.3. The van der Waals surface area contributed by atoms with E-state index < -0.39 is 10.0 Å². The Morgan fingerprint density at radius 2 is 1.52 bits per heavy atom. The summed E-state index contributed by atoms with van der Waals surface area (Å²) >= 11 is 0. The van der Waals surface area contributed by atoms with Crippen molar-refractivity contribution in [2.75, 3.05) is 30.6 Å². The third-order valence-electron chi connectivity index (χ3n) is 8.24. The van der Waals surface area contributed by atoms with E-state index in [9.17, 15) is 18.0 Å². The molecule has 2 saturated heterocycles. The Morgan fingerprint density at radius 3 is 2.15 bits per heavy atom. The fourth-order valence-corrected chi connectivity index (χ4v) is 6.78. The Kier molecular flexibility index (Phi) is 8.95. The van der Waals surface area contributed by atoms with Crippen molar-refractivity contribution >= 4 is 27.5 Å². The second-order valence-corrected chi connectivity index (χ2v) is 13.2. The topological polar surface area (TPSA) is 108 Å². The SMILES string of the molecule is CS(=O)(=O)Nc1ccc(Oc2ccc(CN3CCC(N4CC(=O)N[C@@H](CC5CCCCC5)C4=O)CC3)cc2)cc1. The van der Waals surface area contributed by atoms with Crippen LogP contribution in [0.2, 0.25) is 0 Å². The van der Waals surface area contributed by atoms with Crippen LogP contribution in [-0.2, 0) is 26.2 Å². The summed E-state index contributed by atoms with van der Waals surface area (Å²) in [5.41, 5.74) is 1.67. The molecular formula is C30H40N4O5S. The van der Waals surface area contributed by atoms with Gasteiger partial charge in [-0.3, -0.25) is 19.2 Å². The van der Waals surface area contributed by atoms with E-state index in [0.29, 0.717) is 23.1 Å². The molecule has 0 radical (unpaired) electrons. The van der Waals surface area contributed by atoms with Crippen molar-refractivity contribution in [3.05, 3.63) is 54.1 Å². The second-order valence-electron chi connectivity index (χ2n) is 11.5. The smallest absolute Gasteiger partial charge is 0.245 e. The van der Waals surface area contributed by atoms with Crippen molar-refractivity contribution in [3.8, 4) is 11.5 Å². The van der Waals surface area contributed by atoms with E-state index in [2.05, 4.69) is 27.1 Å². The molecule has 1 saturated carbocycles. The third kappa shape index (κ3) is 7.75. The van der Waals surface area contributed by atoms with E-state index in [1.807, 2.05) is 17.0 Å². The second kappa shape index (κ2) is 12.6. The number of benzene rings is 2. The molecule has 0 bridgehead atoms. The summed E-state index contributed by atoms with van der Waals surface area (Å²) in [4.78, 5) is 30.0. The number of hydrogen-bond donors (Lipinski definition) is 2. The normalized spacial score (nSPS) is 21.7. The molecule has 3 aliphatic rings. The fourth-order valence-electron chi connectivity index (χ4n) is 6.21. The predicted octanol–water partition coefficient (Wildman–Crippen LogP) is 4.11. The van der Waals surface area contributed by atoms with Gasteiger partial charge in [-0.05, 0) is 67.1 Å². The quantitative estimate of drug-likeness (QED) is 0.471. The van der Waals surface area contributed by atoms with Crippen LogP contribution in [0.3, 0.4) is 0 Å². The van der Waals surface area contributed by atoms with Gasteiger partial charge in [0.25, 0.3) is 0 Å². The highest BCUT2D eigenvalue weighted by Gasteiger charge is 2.38. The van der Waals surface area contributed by atoms with Gasteiger partial charge in [0.1, 0.15) is 17.5 Å². The van der Waals surface area contributed by atoms with Crippen LogP contribution in [0.4, 0.5) is 5.69 Å². The summed E-state index contributed by atoms with van der Waals surface area (Å²) in [5.74, 6) is 1.96. The largest absolute Gasteiger partial charge is 0.457 e. The number of piperazine rings is 1. The molecule has 10 heteroatoms. The van der Waals surface area contributed by atoms with Crippen molar-refractivity contribution in [2.24, 2.45) is 5.92 Å². The van der Waals surface area contributed by atoms with E-state index in [1.54, 1.807) is 24.3 Å². The maximum atomic E-state index is 13.3. The minimum absolute atomic E-state index is 0.0216. The first kappa shape index (κ1) is 28.4. The van der Waals surface area contributed by atoms with Gasteiger partial charge < -0.3 is 15.0 Å². The van der Waals surface area contributed by atoms with Gasteiger partial charge in [0.15, 0.2) is 0 Å². The minimum atomic E-state index is -3.32. The highest BCUT2D eigenvalue weighted by Crippen LogP contribution is 2.30. The Bertz CT molecular complexity index is 1270. The maximum Gasteiger partial charge on any atom is 0.245 e. The summed E-state index contributed by atoms with van der Waals surface area (Å²) in [6, 6.07) is 14.5. The van der Waals surface area contributed by atoms with Crippen molar-refractivity contribution in [1.82, 2.24) is 15.1 Å². The molecule has 2 aromatic rings. The Morgan fingerprint density at radius 1 is 0.900 bits per heavy atom. The van der Waals surface area contributed by atoms with E-state index in [-0.39, 0.29) is 30.4 Å². The number of piperidine rings is 1. The van der Waals surface area contributed by atoms with Crippen molar-refractivity contribution < 1.29 is 22.7 Å². The Hall–Kier alpha value is -3.11. The van der Waals surface area contributed by atoms with Crippen LogP contribution in [-0.4, -0.2) is 68.0 Å². The molecule has 5 rings (SSSR count). The molecule has 3 fully saturated rings. The number of nitrogens with one attached hydrogen (secondary N) is 2. The molecule has 0 spiro atoms. The van der Waals surface area contributed by atoms with Crippen LogP contribution in [0.15, 0.2) is 48.5 Å². The van der Waals surface area contributed by atoms with Crippen molar-refractivity contribution in [3.63, 3.8) is 0 Å². The van der Waals surface area contributed by atoms with Crippen LogP contribution in [0.1, 0.15) is 56.9 Å². The predicted molar refractivity (Wildman–Crippen MR) is 155 cm³/mol. The van der Waals surface area contributed by atoms with Gasteiger partial charge in [-0.2, -0.15) is 0 Å². The van der Waals surface area contributed by atoms with E-state index in [1.165, 1.54) is 37.7 Å². The lowest BCUT2D eigenvalue weighted by Gasteiger charge is -2.42. The Labute approximate surface area is 237 Å². The number of amides is 2. The number of nitrogens with zero attached hydrogens (tertiary/aromatic N) is 2. The van der Waals surface area contributed by atoms with Crippen molar-refractivity contribution in [2.45, 2.75) is 70.0 Å². The molecule has 0 aromatic heterocycles. The van der Waals surface area contributed by atoms with E-state index >= 15 is 0 Å². The van der Waals surface area contributed by atoms with Crippen LogP contribution in [0.5, 0.6) is 11.5 Å². The number of rotatable bonds is 9. The van der Waals surface area contributed by atoms with Gasteiger partial charge in [-0.1, -0.05) is 44.2 Å². The molecule has 2 aromatic carbocycles. The average Bonchev–Trinajstić information content (AvgIpc) is 2.93. The number of carbonyl (C=O) groups excluding carboxylic acids is 2. The molecule has 9 nitrogen and oxygen atoms in total. The van der Waals surface area contributed by atoms with E-state index in [0.717, 1.165) is 45.2 Å². The van der Waals surface area contributed by atoms with Gasteiger partial charge in [0.2, 0.25) is 21.8 Å². The third-order valence-corrected chi connectivity index (χ3v) is 8.85. The van der Waals surface area contributed by atoms with Gasteiger partial charge in [-0.15, -0.1) is 0 Å². The summed E-state index contributed by atoms with van der Waals surface area (Å²) in [5, 5.41) is 2.98. The van der Waals surface area contributed by atoms with Gasteiger partial charge in [0, 0.05) is 31.4 Å². The molecular weight excluding hydrogens is 528 g/mol.